The molecule has 24 heavy (non-hydrogen) atoms. The van der Waals surface area contributed by atoms with Crippen LogP contribution in [-0.4, -0.2) is 7.11 Å². The highest BCUT2D eigenvalue weighted by molar-refractivity contribution is 5.68. The van der Waals surface area contributed by atoms with Crippen LogP contribution in [0.1, 0.15) is 11.1 Å². The summed E-state index contributed by atoms with van der Waals surface area (Å²) >= 11 is 0. The fourth-order valence-electron chi connectivity index (χ4n) is 2.46. The van der Waals surface area contributed by atoms with E-state index in [1.54, 1.807) is 7.11 Å². The molecule has 0 aromatic heterocycles. The number of hydrogen-bond donors (Lipinski definition) is 0. The van der Waals surface area contributed by atoms with E-state index in [4.69, 9.17) is 9.47 Å². The molecule has 0 atom stereocenters. The minimum atomic E-state index is 0.439. The summed E-state index contributed by atoms with van der Waals surface area (Å²) in [6, 6.07) is 25.5. The van der Waals surface area contributed by atoms with Crippen LogP contribution in [0.2, 0.25) is 0 Å². The van der Waals surface area contributed by atoms with Crippen LogP contribution in [0.3, 0.4) is 0 Å². The molecule has 0 aliphatic carbocycles. The zero-order chi connectivity index (χ0) is 16.8. The lowest BCUT2D eigenvalue weighted by Gasteiger charge is -2.10. The molecule has 0 amide bonds. The van der Waals surface area contributed by atoms with Gasteiger partial charge in [0.25, 0.3) is 0 Å². The summed E-state index contributed by atoms with van der Waals surface area (Å²) in [6.45, 7) is 0.439. The van der Waals surface area contributed by atoms with E-state index in [1.807, 2.05) is 72.8 Å². The van der Waals surface area contributed by atoms with Crippen molar-refractivity contribution in [1.82, 2.24) is 0 Å². The predicted octanol–water partition coefficient (Wildman–Crippen LogP) is 4.81. The second kappa shape index (κ2) is 7.34. The summed E-state index contributed by atoms with van der Waals surface area (Å²) in [7, 11) is 1.64. The molecule has 3 heteroatoms. The smallest absolute Gasteiger partial charge is 0.137 e. The van der Waals surface area contributed by atoms with Gasteiger partial charge in [-0.15, -0.1) is 0 Å². The van der Waals surface area contributed by atoms with Gasteiger partial charge in [-0.3, -0.25) is 0 Å². The summed E-state index contributed by atoms with van der Waals surface area (Å²) in [4.78, 5) is 0. The number of methoxy groups -OCH3 is 1. The third-order valence-electron chi connectivity index (χ3n) is 3.74. The highest BCUT2D eigenvalue weighted by Gasteiger charge is 2.07. The molecule has 0 saturated carbocycles. The predicted molar refractivity (Wildman–Crippen MR) is 93.9 cm³/mol. The van der Waals surface area contributed by atoms with E-state index >= 15 is 0 Å². The van der Waals surface area contributed by atoms with Crippen LogP contribution in [0.15, 0.2) is 72.8 Å². The van der Waals surface area contributed by atoms with Gasteiger partial charge in [0.2, 0.25) is 0 Å². The monoisotopic (exact) mass is 315 g/mol. The Bertz CT molecular complexity index is 867. The first-order chi connectivity index (χ1) is 11.8. The number of ether oxygens (including phenoxy) is 2. The van der Waals surface area contributed by atoms with E-state index in [-0.39, 0.29) is 0 Å². The van der Waals surface area contributed by atoms with Crippen molar-refractivity contribution in [2.45, 2.75) is 6.61 Å². The van der Waals surface area contributed by atoms with Gasteiger partial charge in [-0.25, -0.2) is 0 Å². The van der Waals surface area contributed by atoms with Crippen molar-refractivity contribution in [3.63, 3.8) is 0 Å². The number of nitriles is 1. The Labute approximate surface area is 141 Å². The van der Waals surface area contributed by atoms with Crippen molar-refractivity contribution in [2.24, 2.45) is 0 Å². The average molecular weight is 315 g/mol. The third-order valence-corrected chi connectivity index (χ3v) is 3.74. The highest BCUT2D eigenvalue weighted by Crippen LogP contribution is 2.29. The topological polar surface area (TPSA) is 42.2 Å². The summed E-state index contributed by atoms with van der Waals surface area (Å²) in [6.07, 6.45) is 0. The van der Waals surface area contributed by atoms with Gasteiger partial charge in [-0.2, -0.15) is 5.26 Å². The molecule has 0 N–H and O–H groups in total. The highest BCUT2D eigenvalue weighted by atomic mass is 16.5. The second-order valence-corrected chi connectivity index (χ2v) is 5.33. The van der Waals surface area contributed by atoms with Crippen LogP contribution in [0.4, 0.5) is 0 Å². The minimum absolute atomic E-state index is 0.439. The Hall–Kier alpha value is -3.25. The first kappa shape index (κ1) is 15.6. The van der Waals surface area contributed by atoms with Gasteiger partial charge in [0.05, 0.1) is 12.7 Å². The molecule has 0 radical (unpaired) electrons. The number of benzene rings is 3. The van der Waals surface area contributed by atoms with Gasteiger partial charge in [0.15, 0.2) is 0 Å². The molecule has 0 heterocycles. The molecule has 3 aromatic carbocycles. The van der Waals surface area contributed by atoms with Crippen LogP contribution in [0.5, 0.6) is 11.5 Å². The summed E-state index contributed by atoms with van der Waals surface area (Å²) in [5.41, 5.74) is 3.54. The van der Waals surface area contributed by atoms with Crippen molar-refractivity contribution in [2.75, 3.05) is 7.11 Å². The average Bonchev–Trinajstić information content (AvgIpc) is 2.67. The lowest BCUT2D eigenvalue weighted by Crippen LogP contribution is -1.97. The minimum Gasteiger partial charge on any atom is -0.497 e. The maximum atomic E-state index is 9.43. The molecular formula is C21H17NO2. The molecule has 0 aliphatic heterocycles. The molecule has 118 valence electrons. The van der Waals surface area contributed by atoms with E-state index in [2.05, 4.69) is 6.07 Å². The summed E-state index contributed by atoms with van der Waals surface area (Å²) < 4.78 is 11.1. The van der Waals surface area contributed by atoms with E-state index in [9.17, 15) is 5.26 Å². The van der Waals surface area contributed by atoms with Crippen molar-refractivity contribution in [3.8, 4) is 28.7 Å². The quantitative estimate of drug-likeness (QED) is 0.678. The fraction of sp³-hybridized carbons (Fsp3) is 0.0952. The molecule has 3 nitrogen and oxygen atoms in total. The maximum absolute atomic E-state index is 9.43. The SMILES string of the molecule is COc1cccc(-c2ccc(OCc3ccccc3)c(C#N)c2)c1. The van der Waals surface area contributed by atoms with E-state index in [0.717, 1.165) is 22.4 Å². The lowest BCUT2D eigenvalue weighted by atomic mass is 10.0. The van der Waals surface area contributed by atoms with Gasteiger partial charge in [0.1, 0.15) is 24.2 Å². The van der Waals surface area contributed by atoms with Gasteiger partial charge in [-0.1, -0.05) is 48.5 Å². The molecule has 0 unspecified atom stereocenters. The molecule has 3 rings (SSSR count). The Balaban J connectivity index is 1.84. The normalized spacial score (nSPS) is 10.0. The fourth-order valence-corrected chi connectivity index (χ4v) is 2.46. The standard InChI is InChI=1S/C21H17NO2/c1-23-20-9-5-8-17(13-20)18-10-11-21(19(12-18)14-22)24-15-16-6-3-2-4-7-16/h2-13H,15H2,1H3. The van der Waals surface area contributed by atoms with E-state index < -0.39 is 0 Å². The van der Waals surface area contributed by atoms with E-state index in [0.29, 0.717) is 17.9 Å². The molecule has 0 fully saturated rings. The maximum Gasteiger partial charge on any atom is 0.137 e. The Morgan fingerprint density at radius 1 is 0.875 bits per heavy atom. The first-order valence-electron chi connectivity index (χ1n) is 7.65. The molecule has 0 spiro atoms. The van der Waals surface area contributed by atoms with Gasteiger partial charge >= 0.3 is 0 Å². The van der Waals surface area contributed by atoms with Gasteiger partial charge < -0.3 is 9.47 Å². The molecule has 0 aliphatic rings. The largest absolute Gasteiger partial charge is 0.497 e. The first-order valence-corrected chi connectivity index (χ1v) is 7.65. The summed E-state index contributed by atoms with van der Waals surface area (Å²) in [5.74, 6) is 1.38. The van der Waals surface area contributed by atoms with Gasteiger partial charge in [-0.05, 0) is 41.0 Å². The van der Waals surface area contributed by atoms with Crippen LogP contribution >= 0.6 is 0 Å². The Kier molecular flexibility index (Phi) is 4.78. The third kappa shape index (κ3) is 3.56. The zero-order valence-electron chi connectivity index (χ0n) is 13.4. The van der Waals surface area contributed by atoms with Crippen molar-refractivity contribution >= 4 is 0 Å². The van der Waals surface area contributed by atoms with Crippen LogP contribution in [-0.2, 0) is 6.61 Å². The number of rotatable bonds is 5. The molecule has 3 aromatic rings. The van der Waals surface area contributed by atoms with Crippen LogP contribution in [0.25, 0.3) is 11.1 Å². The number of hydrogen-bond acceptors (Lipinski definition) is 3. The van der Waals surface area contributed by atoms with Crippen LogP contribution < -0.4 is 9.47 Å². The van der Waals surface area contributed by atoms with Gasteiger partial charge in [0, 0.05) is 0 Å². The number of nitrogens with zero attached hydrogens (tertiary/aromatic N) is 1. The van der Waals surface area contributed by atoms with Crippen molar-refractivity contribution in [3.05, 3.63) is 83.9 Å². The lowest BCUT2D eigenvalue weighted by molar-refractivity contribution is 0.305. The van der Waals surface area contributed by atoms with Crippen molar-refractivity contribution in [1.29, 1.82) is 5.26 Å². The summed E-state index contributed by atoms with van der Waals surface area (Å²) in [5, 5.41) is 9.43. The molecule has 0 saturated heterocycles. The molecular weight excluding hydrogens is 298 g/mol. The second-order valence-electron chi connectivity index (χ2n) is 5.33. The zero-order valence-corrected chi connectivity index (χ0v) is 13.4. The van der Waals surface area contributed by atoms with E-state index in [1.165, 1.54) is 0 Å². The van der Waals surface area contributed by atoms with Crippen LogP contribution in [0, 0.1) is 11.3 Å². The van der Waals surface area contributed by atoms with Crippen molar-refractivity contribution < 1.29 is 9.47 Å². The molecule has 0 bridgehead atoms. The Morgan fingerprint density at radius 3 is 2.42 bits per heavy atom. The Morgan fingerprint density at radius 2 is 1.67 bits per heavy atom.